The average Bonchev–Trinajstić information content (AvgIpc) is 2.86. The van der Waals surface area contributed by atoms with Gasteiger partial charge in [0.15, 0.2) is 5.16 Å². The quantitative estimate of drug-likeness (QED) is 0.370. The second-order valence-corrected chi connectivity index (χ2v) is 9.07. The summed E-state index contributed by atoms with van der Waals surface area (Å²) >= 11 is 1.49. The Kier molecular flexibility index (Phi) is 7.78. The minimum Gasteiger partial charge on any atom is -0.385 e. The van der Waals surface area contributed by atoms with Gasteiger partial charge in [0.05, 0.1) is 0 Å². The maximum Gasteiger partial charge on any atom is 0.261 e. The normalized spacial score (nSPS) is 14.2. The molecule has 0 spiro atoms. The number of thioether (sulfide) groups is 1. The zero-order chi connectivity index (χ0) is 23.0. The fraction of sp³-hybridized carbons (Fsp3) is 0.360. The molecule has 0 bridgehead atoms. The van der Waals surface area contributed by atoms with Crippen molar-refractivity contribution < 1.29 is 4.79 Å². The first-order valence-electron chi connectivity index (χ1n) is 11.3. The number of piperidine rings is 1. The third-order valence-corrected chi connectivity index (χ3v) is 6.40. The summed E-state index contributed by atoms with van der Waals surface area (Å²) in [5.74, 6) is 1.25. The van der Waals surface area contributed by atoms with E-state index in [0.29, 0.717) is 16.6 Å². The van der Waals surface area contributed by atoms with E-state index in [-0.39, 0.29) is 5.91 Å². The Morgan fingerprint density at radius 2 is 1.85 bits per heavy atom. The van der Waals surface area contributed by atoms with Crippen molar-refractivity contribution in [2.45, 2.75) is 31.3 Å². The van der Waals surface area contributed by atoms with Crippen molar-refractivity contribution in [1.29, 1.82) is 0 Å². The van der Waals surface area contributed by atoms with Crippen molar-refractivity contribution in [3.63, 3.8) is 0 Å². The Morgan fingerprint density at radius 1 is 1.09 bits per heavy atom. The van der Waals surface area contributed by atoms with Crippen molar-refractivity contribution in [3.05, 3.63) is 66.1 Å². The Labute approximate surface area is 199 Å². The largest absolute Gasteiger partial charge is 0.385 e. The van der Waals surface area contributed by atoms with Gasteiger partial charge in [-0.25, -0.2) is 9.97 Å². The van der Waals surface area contributed by atoms with Crippen molar-refractivity contribution in [1.82, 2.24) is 15.0 Å². The first-order chi connectivity index (χ1) is 16.1. The SMILES string of the molecule is CSc1ncc(C(=O)Nc2ccc(NCCc3ccccn3)cc2)c(N2CCC(C)CC2)n1. The summed E-state index contributed by atoms with van der Waals surface area (Å²) in [4.78, 5) is 28.7. The third kappa shape index (κ3) is 6.22. The molecule has 0 aliphatic carbocycles. The van der Waals surface area contributed by atoms with Crippen molar-refractivity contribution in [3.8, 4) is 0 Å². The van der Waals surface area contributed by atoms with E-state index in [1.807, 2.05) is 54.9 Å². The van der Waals surface area contributed by atoms with Crippen molar-refractivity contribution >= 4 is 34.9 Å². The standard InChI is InChI=1S/C25H30N6OS/c1-18-11-15-31(16-12-18)23-22(17-28-25(30-23)33-2)24(32)29-21-8-6-20(7-9-21)27-14-10-19-5-3-4-13-26-19/h3-9,13,17-18,27H,10-12,14-16H2,1-2H3,(H,29,32). The molecule has 1 fully saturated rings. The zero-order valence-electron chi connectivity index (χ0n) is 19.1. The molecule has 2 aromatic heterocycles. The number of carbonyl (C=O) groups excluding carboxylic acids is 1. The van der Waals surface area contributed by atoms with E-state index in [1.54, 1.807) is 6.20 Å². The van der Waals surface area contributed by atoms with Crippen LogP contribution in [0.5, 0.6) is 0 Å². The van der Waals surface area contributed by atoms with Gasteiger partial charge in [-0.05, 0) is 61.4 Å². The Hall–Kier alpha value is -3.13. The molecule has 1 aliphatic rings. The minimum atomic E-state index is -0.188. The minimum absolute atomic E-state index is 0.188. The number of pyridine rings is 1. The number of amides is 1. The molecule has 1 saturated heterocycles. The molecule has 1 aliphatic heterocycles. The summed E-state index contributed by atoms with van der Waals surface area (Å²) in [7, 11) is 0. The fourth-order valence-electron chi connectivity index (χ4n) is 3.83. The van der Waals surface area contributed by atoms with Gasteiger partial charge in [0, 0.05) is 55.5 Å². The maximum absolute atomic E-state index is 13.1. The third-order valence-electron chi connectivity index (χ3n) is 5.84. The number of hydrogen-bond donors (Lipinski definition) is 2. The number of anilines is 3. The molecule has 7 nitrogen and oxygen atoms in total. The fourth-order valence-corrected chi connectivity index (χ4v) is 4.16. The van der Waals surface area contributed by atoms with Crippen molar-refractivity contribution in [2.75, 3.05) is 41.4 Å². The molecule has 3 aromatic rings. The van der Waals surface area contributed by atoms with Crippen LogP contribution in [0, 0.1) is 5.92 Å². The number of aromatic nitrogens is 3. The summed E-state index contributed by atoms with van der Waals surface area (Å²) < 4.78 is 0. The number of nitrogens with one attached hydrogen (secondary N) is 2. The molecule has 172 valence electrons. The Morgan fingerprint density at radius 3 is 2.55 bits per heavy atom. The van der Waals surface area contributed by atoms with E-state index in [0.717, 1.165) is 61.8 Å². The van der Waals surface area contributed by atoms with Gasteiger partial charge in [0.1, 0.15) is 11.4 Å². The van der Waals surface area contributed by atoms with E-state index >= 15 is 0 Å². The molecule has 0 unspecified atom stereocenters. The van der Waals surface area contributed by atoms with Crippen LogP contribution in [0.4, 0.5) is 17.2 Å². The van der Waals surface area contributed by atoms with E-state index in [9.17, 15) is 4.79 Å². The lowest BCUT2D eigenvalue weighted by Gasteiger charge is -2.32. The number of nitrogens with zero attached hydrogens (tertiary/aromatic N) is 4. The van der Waals surface area contributed by atoms with Gasteiger partial charge in [-0.15, -0.1) is 0 Å². The maximum atomic E-state index is 13.1. The Bertz CT molecular complexity index is 1050. The van der Waals surface area contributed by atoms with Gasteiger partial charge in [-0.1, -0.05) is 24.8 Å². The molecule has 2 N–H and O–H groups in total. The van der Waals surface area contributed by atoms with Crippen molar-refractivity contribution in [2.24, 2.45) is 5.92 Å². The number of benzene rings is 1. The molecule has 8 heteroatoms. The van der Waals surface area contributed by atoms with Crippen LogP contribution in [0.1, 0.15) is 35.8 Å². The van der Waals surface area contributed by atoms with Gasteiger partial charge in [-0.2, -0.15) is 0 Å². The molecule has 1 amide bonds. The predicted molar refractivity (Wildman–Crippen MR) is 135 cm³/mol. The zero-order valence-corrected chi connectivity index (χ0v) is 19.9. The lowest BCUT2D eigenvalue weighted by Crippen LogP contribution is -2.35. The second kappa shape index (κ2) is 11.1. The average molecular weight is 463 g/mol. The highest BCUT2D eigenvalue weighted by atomic mass is 32.2. The lowest BCUT2D eigenvalue weighted by molar-refractivity contribution is 0.102. The van der Waals surface area contributed by atoms with Crippen LogP contribution in [-0.4, -0.2) is 46.7 Å². The van der Waals surface area contributed by atoms with Crippen LogP contribution in [-0.2, 0) is 6.42 Å². The number of carbonyl (C=O) groups is 1. The van der Waals surface area contributed by atoms with Gasteiger partial charge in [0.2, 0.25) is 0 Å². The molecule has 4 rings (SSSR count). The smallest absolute Gasteiger partial charge is 0.261 e. The van der Waals surface area contributed by atoms with Crippen LogP contribution in [0.15, 0.2) is 60.0 Å². The Balaban J connectivity index is 1.39. The van der Waals surface area contributed by atoms with Crippen LogP contribution >= 0.6 is 11.8 Å². The molecule has 3 heterocycles. The van der Waals surface area contributed by atoms with Crippen LogP contribution in [0.3, 0.4) is 0 Å². The van der Waals surface area contributed by atoms with Crippen LogP contribution < -0.4 is 15.5 Å². The highest BCUT2D eigenvalue weighted by molar-refractivity contribution is 7.98. The lowest BCUT2D eigenvalue weighted by atomic mass is 9.99. The molecular weight excluding hydrogens is 432 g/mol. The second-order valence-electron chi connectivity index (χ2n) is 8.29. The van der Waals surface area contributed by atoms with Gasteiger partial charge in [-0.3, -0.25) is 9.78 Å². The summed E-state index contributed by atoms with van der Waals surface area (Å²) in [6.45, 7) is 4.88. The van der Waals surface area contributed by atoms with Crippen LogP contribution in [0.2, 0.25) is 0 Å². The molecule has 1 aromatic carbocycles. The summed E-state index contributed by atoms with van der Waals surface area (Å²) in [5.41, 5.74) is 3.31. The molecule has 33 heavy (non-hydrogen) atoms. The molecule has 0 radical (unpaired) electrons. The first kappa shape index (κ1) is 23.0. The molecule has 0 saturated carbocycles. The van der Waals surface area contributed by atoms with Gasteiger partial charge in [0.25, 0.3) is 5.91 Å². The van der Waals surface area contributed by atoms with Gasteiger partial charge >= 0.3 is 0 Å². The van der Waals surface area contributed by atoms with Crippen LogP contribution in [0.25, 0.3) is 0 Å². The predicted octanol–water partition coefficient (Wildman–Crippen LogP) is 4.74. The summed E-state index contributed by atoms with van der Waals surface area (Å²) in [6.07, 6.45) is 8.47. The summed E-state index contributed by atoms with van der Waals surface area (Å²) in [6, 6.07) is 13.7. The van der Waals surface area contributed by atoms with Gasteiger partial charge < -0.3 is 15.5 Å². The molecular formula is C25H30N6OS. The first-order valence-corrected chi connectivity index (χ1v) is 12.6. The highest BCUT2D eigenvalue weighted by Crippen LogP contribution is 2.27. The van der Waals surface area contributed by atoms with E-state index < -0.39 is 0 Å². The topological polar surface area (TPSA) is 83.0 Å². The molecule has 0 atom stereocenters. The number of rotatable bonds is 8. The number of hydrogen-bond acceptors (Lipinski definition) is 7. The summed E-state index contributed by atoms with van der Waals surface area (Å²) in [5, 5.41) is 7.08. The van der Waals surface area contributed by atoms with E-state index in [2.05, 4.69) is 37.4 Å². The van der Waals surface area contributed by atoms with E-state index in [1.165, 1.54) is 11.8 Å². The monoisotopic (exact) mass is 462 g/mol. The van der Waals surface area contributed by atoms with E-state index in [4.69, 9.17) is 0 Å². The highest BCUT2D eigenvalue weighted by Gasteiger charge is 2.23.